The molecule has 2 aromatic carbocycles. The molecule has 0 N–H and O–H groups in total. The lowest BCUT2D eigenvalue weighted by Crippen LogP contribution is -2.40. The number of fused-ring (bicyclic) bond motifs is 1. The zero-order valence-electron chi connectivity index (χ0n) is 18.0. The van der Waals surface area contributed by atoms with Crippen LogP contribution in [-0.4, -0.2) is 33.1 Å². The Morgan fingerprint density at radius 1 is 1.07 bits per heavy atom. The molecular formula is C24H28N4OS. The van der Waals surface area contributed by atoms with Crippen molar-refractivity contribution in [2.24, 2.45) is 0 Å². The van der Waals surface area contributed by atoms with Gasteiger partial charge in [0.1, 0.15) is 0 Å². The Hall–Kier alpha value is -2.62. The number of hydrogen-bond donors (Lipinski definition) is 0. The largest absolute Gasteiger partial charge is 0.297 e. The van der Waals surface area contributed by atoms with Crippen LogP contribution in [0.3, 0.4) is 0 Å². The molecule has 156 valence electrons. The van der Waals surface area contributed by atoms with Crippen molar-refractivity contribution in [2.45, 2.75) is 57.2 Å². The van der Waals surface area contributed by atoms with Gasteiger partial charge in [-0.25, -0.2) is 4.98 Å². The Labute approximate surface area is 182 Å². The first-order valence-electron chi connectivity index (χ1n) is 10.3. The lowest BCUT2D eigenvalue weighted by molar-refractivity contribution is 0.166. The molecule has 5 nitrogen and oxygen atoms in total. The molecule has 6 heteroatoms. The summed E-state index contributed by atoms with van der Waals surface area (Å²) in [6.07, 6.45) is 0. The van der Waals surface area contributed by atoms with Crippen LogP contribution in [0.1, 0.15) is 38.8 Å². The smallest absolute Gasteiger partial charge is 0.262 e. The molecular weight excluding hydrogens is 392 g/mol. The predicted octanol–water partition coefficient (Wildman–Crippen LogP) is 4.68. The summed E-state index contributed by atoms with van der Waals surface area (Å²) in [6.45, 7) is 10.1. The van der Waals surface area contributed by atoms with Crippen LogP contribution in [0.25, 0.3) is 10.9 Å². The second-order valence-corrected chi connectivity index (χ2v) is 8.83. The summed E-state index contributed by atoms with van der Waals surface area (Å²) in [5, 5.41) is 10.4. The number of benzene rings is 2. The second kappa shape index (κ2) is 9.92. The number of thioether (sulfide) groups is 1. The van der Waals surface area contributed by atoms with E-state index in [1.165, 1.54) is 0 Å². The van der Waals surface area contributed by atoms with Gasteiger partial charge in [-0.1, -0.05) is 36.0 Å². The normalized spacial score (nSPS) is 11.5. The van der Waals surface area contributed by atoms with Crippen LogP contribution in [0.15, 0.2) is 58.5 Å². The number of aromatic nitrogens is 2. The van der Waals surface area contributed by atoms with Gasteiger partial charge in [0.25, 0.3) is 5.56 Å². The van der Waals surface area contributed by atoms with Crippen molar-refractivity contribution >= 4 is 22.7 Å². The number of nitriles is 1. The van der Waals surface area contributed by atoms with Gasteiger partial charge in [0, 0.05) is 30.9 Å². The van der Waals surface area contributed by atoms with E-state index in [4.69, 9.17) is 10.2 Å². The summed E-state index contributed by atoms with van der Waals surface area (Å²) in [5.74, 6) is 0.689. The van der Waals surface area contributed by atoms with Gasteiger partial charge in [0.2, 0.25) is 0 Å². The maximum absolute atomic E-state index is 13.3. The predicted molar refractivity (Wildman–Crippen MR) is 124 cm³/mol. The van der Waals surface area contributed by atoms with Gasteiger partial charge in [-0.2, -0.15) is 5.26 Å². The Balaban J connectivity index is 1.91. The first-order valence-corrected chi connectivity index (χ1v) is 11.3. The van der Waals surface area contributed by atoms with E-state index >= 15 is 0 Å². The van der Waals surface area contributed by atoms with E-state index in [1.807, 2.05) is 53.1 Å². The van der Waals surface area contributed by atoms with Gasteiger partial charge in [-0.15, -0.1) is 0 Å². The van der Waals surface area contributed by atoms with E-state index < -0.39 is 0 Å². The van der Waals surface area contributed by atoms with Crippen LogP contribution in [-0.2, 0) is 12.3 Å². The molecule has 1 aromatic heterocycles. The highest BCUT2D eigenvalue weighted by Crippen LogP contribution is 2.22. The van der Waals surface area contributed by atoms with Gasteiger partial charge in [0.15, 0.2) is 5.16 Å². The number of nitrogens with zero attached hydrogens (tertiary/aromatic N) is 4. The molecule has 3 aromatic rings. The summed E-state index contributed by atoms with van der Waals surface area (Å²) in [6, 6.07) is 18.0. The van der Waals surface area contributed by atoms with Crippen LogP contribution < -0.4 is 5.56 Å². The quantitative estimate of drug-likeness (QED) is 0.391. The van der Waals surface area contributed by atoms with Gasteiger partial charge in [-0.05, 0) is 57.5 Å². The monoisotopic (exact) mass is 420 g/mol. The third-order valence-electron chi connectivity index (χ3n) is 5.19. The Bertz CT molecular complexity index is 1090. The molecule has 30 heavy (non-hydrogen) atoms. The van der Waals surface area contributed by atoms with E-state index in [-0.39, 0.29) is 5.56 Å². The van der Waals surface area contributed by atoms with Crippen LogP contribution in [0.4, 0.5) is 0 Å². The molecule has 0 aliphatic rings. The van der Waals surface area contributed by atoms with E-state index in [0.29, 0.717) is 35.3 Å². The lowest BCUT2D eigenvalue weighted by Gasteiger charge is -2.30. The van der Waals surface area contributed by atoms with Crippen LogP contribution in [0.2, 0.25) is 0 Å². The molecule has 1 heterocycles. The average molecular weight is 421 g/mol. The summed E-state index contributed by atoms with van der Waals surface area (Å²) in [7, 11) is 0. The Kier molecular flexibility index (Phi) is 7.30. The van der Waals surface area contributed by atoms with Crippen molar-refractivity contribution in [2.75, 3.05) is 6.54 Å². The van der Waals surface area contributed by atoms with Crippen LogP contribution in [0, 0.1) is 11.3 Å². The number of rotatable bonds is 8. The minimum absolute atomic E-state index is 0.00962. The molecule has 0 spiro atoms. The topological polar surface area (TPSA) is 61.9 Å². The molecule has 0 saturated heterocycles. The minimum Gasteiger partial charge on any atom is -0.297 e. The minimum atomic E-state index is 0.00962. The van der Waals surface area contributed by atoms with Crippen molar-refractivity contribution in [3.05, 3.63) is 70.0 Å². The third kappa shape index (κ3) is 5.10. The molecule has 0 radical (unpaired) electrons. The molecule has 0 atom stereocenters. The molecule has 3 rings (SSSR count). The Morgan fingerprint density at radius 2 is 1.73 bits per heavy atom. The zero-order valence-corrected chi connectivity index (χ0v) is 18.8. The summed E-state index contributed by atoms with van der Waals surface area (Å²) >= 11 is 1.56. The van der Waals surface area contributed by atoms with Gasteiger partial charge in [-0.3, -0.25) is 14.3 Å². The van der Waals surface area contributed by atoms with Crippen molar-refractivity contribution in [3.8, 4) is 6.07 Å². The van der Waals surface area contributed by atoms with Gasteiger partial charge in [0.05, 0.1) is 22.5 Å². The van der Waals surface area contributed by atoms with Crippen LogP contribution in [0.5, 0.6) is 0 Å². The number of hydrogen-bond acceptors (Lipinski definition) is 5. The maximum atomic E-state index is 13.3. The summed E-state index contributed by atoms with van der Waals surface area (Å²) < 4.78 is 1.81. The van der Waals surface area contributed by atoms with E-state index in [0.717, 1.165) is 22.8 Å². The molecule has 0 amide bonds. The van der Waals surface area contributed by atoms with E-state index in [9.17, 15) is 4.79 Å². The van der Waals surface area contributed by atoms with Gasteiger partial charge < -0.3 is 0 Å². The molecule has 0 bridgehead atoms. The fraction of sp³-hybridized carbons (Fsp3) is 0.375. The average Bonchev–Trinajstić information content (AvgIpc) is 2.74. The fourth-order valence-electron chi connectivity index (χ4n) is 3.61. The molecule has 0 aliphatic carbocycles. The highest BCUT2D eigenvalue weighted by atomic mass is 32.2. The van der Waals surface area contributed by atoms with Crippen LogP contribution >= 0.6 is 11.8 Å². The number of para-hydroxylation sites is 1. The van der Waals surface area contributed by atoms with E-state index in [1.54, 1.807) is 11.8 Å². The lowest BCUT2D eigenvalue weighted by atomic mass is 10.2. The van der Waals surface area contributed by atoms with Crippen molar-refractivity contribution in [1.82, 2.24) is 14.5 Å². The fourth-order valence-corrected chi connectivity index (χ4v) is 4.59. The first kappa shape index (κ1) is 22.1. The SMILES string of the molecule is CC(C)N(CCn1c(SCc2ccc(C#N)cc2)nc2ccccc2c1=O)C(C)C. The summed E-state index contributed by atoms with van der Waals surface area (Å²) in [5.41, 5.74) is 2.48. The maximum Gasteiger partial charge on any atom is 0.262 e. The zero-order chi connectivity index (χ0) is 21.7. The van der Waals surface area contributed by atoms with Crippen molar-refractivity contribution in [3.63, 3.8) is 0 Å². The Morgan fingerprint density at radius 3 is 2.37 bits per heavy atom. The van der Waals surface area contributed by atoms with Gasteiger partial charge >= 0.3 is 0 Å². The first-order chi connectivity index (χ1) is 14.4. The second-order valence-electron chi connectivity index (χ2n) is 7.89. The highest BCUT2D eigenvalue weighted by molar-refractivity contribution is 7.98. The molecule has 0 fully saturated rings. The molecule has 0 aliphatic heterocycles. The highest BCUT2D eigenvalue weighted by Gasteiger charge is 2.16. The van der Waals surface area contributed by atoms with E-state index in [2.05, 4.69) is 38.7 Å². The molecule has 0 saturated carbocycles. The third-order valence-corrected chi connectivity index (χ3v) is 6.23. The van der Waals surface area contributed by atoms with Crippen molar-refractivity contribution in [1.29, 1.82) is 5.26 Å². The van der Waals surface area contributed by atoms with Crippen molar-refractivity contribution < 1.29 is 0 Å². The molecule has 0 unspecified atom stereocenters. The summed E-state index contributed by atoms with van der Waals surface area (Å²) in [4.78, 5) is 20.4. The standard InChI is InChI=1S/C24H28N4OS/c1-17(2)27(18(3)4)13-14-28-23(29)21-7-5-6-8-22(21)26-24(28)30-16-20-11-9-19(15-25)10-12-20/h5-12,17-18H,13-14,16H2,1-4H3.